The lowest BCUT2D eigenvalue weighted by Crippen LogP contribution is -2.45. The molecule has 1 fully saturated rings. The summed E-state index contributed by atoms with van der Waals surface area (Å²) in [6, 6.07) is 8.18. The number of amides is 1. The molecule has 1 N–H and O–H groups in total. The molecule has 214 valence electrons. The molecule has 2 aromatic carbocycles. The predicted octanol–water partition coefficient (Wildman–Crippen LogP) is 4.57. The number of carboxylic acid groups (broad SMARTS) is 1. The second-order valence-corrected chi connectivity index (χ2v) is 13.1. The second kappa shape index (κ2) is 10.2. The number of nitrogens with one attached hydrogen (secondary N) is 1. The minimum absolute atomic E-state index is 0.0554. The van der Waals surface area contributed by atoms with E-state index in [0.717, 1.165) is 22.3 Å². The highest BCUT2D eigenvalue weighted by Gasteiger charge is 2.39. The number of carbonyl (C=O) groups excluding carboxylic acids is 1. The summed E-state index contributed by atoms with van der Waals surface area (Å²) in [5.74, 6) is -0.361. The van der Waals surface area contributed by atoms with Crippen molar-refractivity contribution in [1.82, 2.24) is 15.1 Å². The minimum atomic E-state index is -4.55. The number of rotatable bonds is 5. The molecule has 3 aromatic rings. The fourth-order valence-electron chi connectivity index (χ4n) is 5.46. The number of aromatic nitrogens is 2. The molecule has 0 saturated carbocycles. The Balaban J connectivity index is 1.56. The molecule has 40 heavy (non-hydrogen) atoms. The van der Waals surface area contributed by atoms with Crippen molar-refractivity contribution in [2.45, 2.75) is 61.6 Å². The number of likely N-dealkylation sites (tertiary alicyclic amines) is 1. The molecule has 2 aliphatic heterocycles. The number of carbonyl (C=O) groups is 1. The van der Waals surface area contributed by atoms with Gasteiger partial charge in [-0.05, 0) is 68.4 Å². The number of nitrogens with zero attached hydrogens (tertiary/aromatic N) is 3. The first-order valence-electron chi connectivity index (χ1n) is 12.5. The van der Waals surface area contributed by atoms with Crippen LogP contribution in [0.15, 0.2) is 46.8 Å². The van der Waals surface area contributed by atoms with Crippen molar-refractivity contribution in [2.75, 3.05) is 17.8 Å². The summed E-state index contributed by atoms with van der Waals surface area (Å²) in [4.78, 5) is 12.4. The van der Waals surface area contributed by atoms with Gasteiger partial charge in [-0.3, -0.25) is 4.72 Å². The zero-order valence-electron chi connectivity index (χ0n) is 21.6. The molecule has 5 rings (SSSR count). The molecule has 1 amide bonds. The maximum absolute atomic E-state index is 13.7. The highest BCUT2D eigenvalue weighted by atomic mass is 32.2. The molecule has 0 bridgehead atoms. The number of hydrogen-bond donors (Lipinski definition) is 1. The number of alkyl halides is 3. The van der Waals surface area contributed by atoms with Gasteiger partial charge in [-0.2, -0.15) is 13.2 Å². The quantitative estimate of drug-likeness (QED) is 0.458. The third kappa shape index (κ3) is 5.73. The molecule has 14 heteroatoms. The van der Waals surface area contributed by atoms with Gasteiger partial charge in [-0.25, -0.2) is 8.42 Å². The molecule has 9 nitrogen and oxygen atoms in total. The number of sulfonamides is 1. The number of hydrogen-bond acceptors (Lipinski definition) is 8. The van der Waals surface area contributed by atoms with Gasteiger partial charge in [0, 0.05) is 30.6 Å². The lowest BCUT2D eigenvalue weighted by atomic mass is 9.75. The van der Waals surface area contributed by atoms with Gasteiger partial charge in [0.15, 0.2) is 0 Å². The summed E-state index contributed by atoms with van der Waals surface area (Å²) >= 11 is 1.03. The highest BCUT2D eigenvalue weighted by molar-refractivity contribution is 7.93. The van der Waals surface area contributed by atoms with E-state index in [-0.39, 0.29) is 35.0 Å². The highest BCUT2D eigenvalue weighted by Crippen LogP contribution is 2.48. The Morgan fingerprint density at radius 2 is 1.82 bits per heavy atom. The molecule has 1 aromatic heterocycles. The maximum atomic E-state index is 13.7. The summed E-state index contributed by atoms with van der Waals surface area (Å²) in [5, 5.41) is 18.7. The van der Waals surface area contributed by atoms with Crippen LogP contribution in [0, 0.1) is 0 Å². The van der Waals surface area contributed by atoms with E-state index in [4.69, 9.17) is 4.74 Å². The van der Waals surface area contributed by atoms with Crippen molar-refractivity contribution in [3.05, 3.63) is 64.2 Å². The molecule has 3 heterocycles. The average molecular weight is 596 g/mol. The molecule has 1 saturated heterocycles. The Kier molecular flexibility index (Phi) is 7.19. The Morgan fingerprint density at radius 3 is 2.45 bits per heavy atom. The number of ether oxygens (including phenoxy) is 1. The van der Waals surface area contributed by atoms with E-state index in [1.54, 1.807) is 6.07 Å². The van der Waals surface area contributed by atoms with Gasteiger partial charge in [-0.15, -0.1) is 10.2 Å². The molecule has 0 radical (unpaired) electrons. The Labute approximate surface area is 233 Å². The molecule has 0 aliphatic carbocycles. The van der Waals surface area contributed by atoms with Crippen molar-refractivity contribution in [3.8, 4) is 5.75 Å². The van der Waals surface area contributed by atoms with E-state index in [9.17, 15) is 31.5 Å². The Hall–Kier alpha value is -3.39. The van der Waals surface area contributed by atoms with Crippen LogP contribution < -0.4 is 14.6 Å². The first-order valence-corrected chi connectivity index (χ1v) is 14.9. The van der Waals surface area contributed by atoms with Crippen molar-refractivity contribution in [1.29, 1.82) is 0 Å². The van der Waals surface area contributed by atoms with E-state index in [1.165, 1.54) is 29.8 Å². The summed E-state index contributed by atoms with van der Waals surface area (Å²) in [7, 11) is -4.00. The van der Waals surface area contributed by atoms with Gasteiger partial charge in [0.1, 0.15) is 23.0 Å². The van der Waals surface area contributed by atoms with Crippen LogP contribution in [0.1, 0.15) is 67.2 Å². The van der Waals surface area contributed by atoms with E-state index in [1.807, 2.05) is 13.8 Å². The van der Waals surface area contributed by atoms with Crippen LogP contribution in [-0.4, -0.2) is 48.3 Å². The topological polar surface area (TPSA) is 125 Å². The number of piperidine rings is 1. The largest absolute Gasteiger partial charge is 0.530 e. The predicted molar refractivity (Wildman–Crippen MR) is 139 cm³/mol. The van der Waals surface area contributed by atoms with Crippen molar-refractivity contribution >= 4 is 32.6 Å². The molecule has 1 unspecified atom stereocenters. The molecular weight excluding hydrogens is 569 g/mol. The standard InChI is InChI=1S/C26H27F3N4O5S2/c1-25(2)13-21(19-6-4-17(12-22(19)38-25)40(36,37)32-23-31-30-14-39-23)18-5-3-16(26(27,28)29)11-20(18)15-7-9-33(10-8-15)24(34)35/h3-6,11-12,14-15,21H,7-10,13H2,1-2H3,(H,31,32)(H,34,35)/p-1. The van der Waals surface area contributed by atoms with Gasteiger partial charge >= 0.3 is 6.18 Å². The third-order valence-corrected chi connectivity index (χ3v) is 9.39. The van der Waals surface area contributed by atoms with Gasteiger partial charge < -0.3 is 19.5 Å². The van der Waals surface area contributed by atoms with E-state index in [0.29, 0.717) is 41.7 Å². The van der Waals surface area contributed by atoms with Gasteiger partial charge in [0.25, 0.3) is 10.0 Å². The second-order valence-electron chi connectivity index (χ2n) is 10.5. The lowest BCUT2D eigenvalue weighted by Gasteiger charge is -2.40. The minimum Gasteiger partial charge on any atom is -0.530 e. The van der Waals surface area contributed by atoms with Crippen LogP contribution in [0.3, 0.4) is 0 Å². The number of anilines is 1. The van der Waals surface area contributed by atoms with Crippen molar-refractivity contribution in [2.24, 2.45) is 0 Å². The smallest absolute Gasteiger partial charge is 0.416 e. The van der Waals surface area contributed by atoms with E-state index in [2.05, 4.69) is 14.9 Å². The number of halogens is 3. The third-order valence-electron chi connectivity index (χ3n) is 7.32. The van der Waals surface area contributed by atoms with Crippen LogP contribution in [-0.2, 0) is 16.2 Å². The average Bonchev–Trinajstić information content (AvgIpc) is 3.39. The number of fused-ring (bicyclic) bond motifs is 1. The zero-order valence-corrected chi connectivity index (χ0v) is 23.2. The molecule has 1 atom stereocenters. The Morgan fingerprint density at radius 1 is 1.12 bits per heavy atom. The first-order chi connectivity index (χ1) is 18.7. The van der Waals surface area contributed by atoms with Crippen LogP contribution in [0.2, 0.25) is 0 Å². The van der Waals surface area contributed by atoms with Crippen LogP contribution in [0.4, 0.5) is 23.1 Å². The monoisotopic (exact) mass is 595 g/mol. The van der Waals surface area contributed by atoms with Gasteiger partial charge in [-0.1, -0.05) is 23.5 Å². The number of benzene rings is 2. The van der Waals surface area contributed by atoms with Crippen LogP contribution in [0.5, 0.6) is 5.75 Å². The molecular formula is C26H26F3N4O5S2-. The SMILES string of the molecule is CC1(C)CC(c2ccc(C(F)(F)F)cc2C2CCN(C(=O)[O-])CC2)c2ccc(S(=O)(=O)Nc3nncs3)cc2O1. The van der Waals surface area contributed by atoms with Crippen LogP contribution in [0.25, 0.3) is 0 Å². The van der Waals surface area contributed by atoms with Gasteiger partial charge in [0.2, 0.25) is 5.13 Å². The summed E-state index contributed by atoms with van der Waals surface area (Å²) < 4.78 is 75.7. The fraction of sp³-hybridized carbons (Fsp3) is 0.423. The molecule has 2 aliphatic rings. The van der Waals surface area contributed by atoms with Crippen molar-refractivity contribution < 1.29 is 36.2 Å². The summed E-state index contributed by atoms with van der Waals surface area (Å²) in [6.45, 7) is 4.01. The Bertz CT molecular complexity index is 1520. The normalized spacial score (nSPS) is 19.5. The van der Waals surface area contributed by atoms with E-state index < -0.39 is 33.5 Å². The van der Waals surface area contributed by atoms with Crippen LogP contribution >= 0.6 is 11.3 Å². The fourth-order valence-corrected chi connectivity index (χ4v) is 7.17. The zero-order chi connectivity index (χ0) is 28.9. The van der Waals surface area contributed by atoms with E-state index >= 15 is 0 Å². The van der Waals surface area contributed by atoms with Crippen molar-refractivity contribution in [3.63, 3.8) is 0 Å². The summed E-state index contributed by atoms with van der Waals surface area (Å²) in [6.07, 6.45) is -4.69. The summed E-state index contributed by atoms with van der Waals surface area (Å²) in [5.41, 5.74) is 1.71. The van der Waals surface area contributed by atoms with Gasteiger partial charge in [0.05, 0.1) is 10.5 Å². The maximum Gasteiger partial charge on any atom is 0.416 e. The lowest BCUT2D eigenvalue weighted by molar-refractivity contribution is -0.266. The first kappa shape index (κ1) is 28.1. The molecule has 0 spiro atoms.